The second kappa shape index (κ2) is 16.9. The van der Waals surface area contributed by atoms with Gasteiger partial charge in [0.1, 0.15) is 42.7 Å². The van der Waals surface area contributed by atoms with Crippen LogP contribution in [0.2, 0.25) is 0 Å². The highest BCUT2D eigenvalue weighted by Gasteiger charge is 2.52. The first kappa shape index (κ1) is 33.1. The normalized spacial score (nSPS) is 41.6. The van der Waals surface area contributed by atoms with Gasteiger partial charge < -0.3 is 54.3 Å². The van der Waals surface area contributed by atoms with Gasteiger partial charge in [0.15, 0.2) is 18.7 Å². The minimum Gasteiger partial charge on any atom is -0.457 e. The summed E-state index contributed by atoms with van der Waals surface area (Å²) >= 11 is 0. The molecular formula is C28H46O12. The molecule has 0 saturated carbocycles. The smallest absolute Gasteiger partial charge is 0.306 e. The lowest BCUT2D eigenvalue weighted by molar-refractivity contribution is -0.371. The van der Waals surface area contributed by atoms with Crippen LogP contribution >= 0.6 is 0 Å². The van der Waals surface area contributed by atoms with E-state index in [1.54, 1.807) is 6.92 Å². The Kier molecular flexibility index (Phi) is 13.9. The zero-order valence-corrected chi connectivity index (χ0v) is 23.1. The molecule has 12 heteroatoms. The Labute approximate surface area is 235 Å². The van der Waals surface area contributed by atoms with E-state index in [4.69, 9.17) is 23.7 Å². The van der Waals surface area contributed by atoms with Gasteiger partial charge in [-0.25, -0.2) is 0 Å². The van der Waals surface area contributed by atoms with Crippen molar-refractivity contribution in [1.29, 1.82) is 0 Å². The molecule has 0 aromatic heterocycles. The lowest BCUT2D eigenvalue weighted by Crippen LogP contribution is -2.65. The number of carbonyl (C=O) groups excluding carboxylic acids is 1. The molecule has 0 spiro atoms. The Morgan fingerprint density at radius 1 is 0.700 bits per heavy atom. The van der Waals surface area contributed by atoms with E-state index in [2.05, 4.69) is 12.2 Å². The number of esters is 1. The van der Waals surface area contributed by atoms with Crippen molar-refractivity contribution in [2.75, 3.05) is 13.2 Å². The van der Waals surface area contributed by atoms with Crippen LogP contribution in [0.1, 0.15) is 64.7 Å². The van der Waals surface area contributed by atoms with Gasteiger partial charge in [0, 0.05) is 6.42 Å². The van der Waals surface area contributed by atoms with E-state index in [9.17, 15) is 35.4 Å². The highest BCUT2D eigenvalue weighted by Crippen LogP contribution is 2.31. The third-order valence-electron chi connectivity index (χ3n) is 7.40. The number of hydrogen-bond donors (Lipinski definition) is 6. The predicted octanol–water partition coefficient (Wildman–Crippen LogP) is 0.203. The van der Waals surface area contributed by atoms with E-state index in [1.807, 2.05) is 12.2 Å². The van der Waals surface area contributed by atoms with Crippen molar-refractivity contribution in [2.24, 2.45) is 0 Å². The molecule has 0 aliphatic carbocycles. The molecule has 0 radical (unpaired) electrons. The number of aliphatic hydroxyl groups is 6. The van der Waals surface area contributed by atoms with Crippen LogP contribution in [-0.4, -0.2) is 117 Å². The number of rotatable bonds is 2. The van der Waals surface area contributed by atoms with Crippen molar-refractivity contribution in [3.05, 3.63) is 24.3 Å². The molecule has 2 saturated heterocycles. The second-order valence-electron chi connectivity index (χ2n) is 10.6. The lowest BCUT2D eigenvalue weighted by Gasteiger charge is -2.46. The Morgan fingerprint density at radius 2 is 1.35 bits per heavy atom. The predicted molar refractivity (Wildman–Crippen MR) is 141 cm³/mol. The van der Waals surface area contributed by atoms with E-state index in [0.29, 0.717) is 12.8 Å². The molecule has 11 atom stereocenters. The number of hydrogen-bond acceptors (Lipinski definition) is 12. The fourth-order valence-electron chi connectivity index (χ4n) is 5.01. The summed E-state index contributed by atoms with van der Waals surface area (Å²) < 4.78 is 28.5. The van der Waals surface area contributed by atoms with Gasteiger partial charge in [0.2, 0.25) is 0 Å². The third kappa shape index (κ3) is 9.28. The second-order valence-corrected chi connectivity index (χ2v) is 10.6. The molecule has 12 nitrogen and oxygen atoms in total. The molecule has 4 rings (SSSR count). The maximum Gasteiger partial charge on any atom is 0.306 e. The van der Waals surface area contributed by atoms with E-state index < -0.39 is 86.7 Å². The minimum absolute atomic E-state index is 0.121. The van der Waals surface area contributed by atoms with Crippen LogP contribution < -0.4 is 0 Å². The standard InChI is InChI=1S/C28H46O12/c1-17-13-11-9-7-5-3-2-4-6-8-10-12-14-20(31)39-25-19(16-30)38-27(24(35)23(25)34)40-26-22(33)21(32)18(15-29)37-28(26)36-17/h3,5,9,11,17-19,21-30,32-35H,2,4,6-8,10,12-16H2,1H3. The number of aliphatic hydroxyl groups excluding tert-OH is 6. The van der Waals surface area contributed by atoms with E-state index >= 15 is 0 Å². The largest absolute Gasteiger partial charge is 0.457 e. The maximum atomic E-state index is 12.4. The molecule has 0 amide bonds. The molecule has 0 aromatic carbocycles. The van der Waals surface area contributed by atoms with Crippen molar-refractivity contribution < 1.29 is 59.1 Å². The quantitative estimate of drug-likeness (QED) is 0.195. The molecule has 6 N–H and O–H groups in total. The van der Waals surface area contributed by atoms with Crippen LogP contribution in [0.15, 0.2) is 24.3 Å². The van der Waals surface area contributed by atoms with Gasteiger partial charge in [-0.1, -0.05) is 43.6 Å². The first-order valence-corrected chi connectivity index (χ1v) is 14.3. The molecule has 230 valence electrons. The molecule has 0 aromatic rings. The van der Waals surface area contributed by atoms with Crippen molar-refractivity contribution in [3.63, 3.8) is 0 Å². The molecule has 4 heterocycles. The first-order chi connectivity index (χ1) is 19.3. The number of carbonyl (C=O) groups is 1. The third-order valence-corrected chi connectivity index (χ3v) is 7.40. The van der Waals surface area contributed by atoms with Crippen molar-refractivity contribution in [1.82, 2.24) is 0 Å². The van der Waals surface area contributed by atoms with E-state index in [0.717, 1.165) is 38.5 Å². The zero-order chi connectivity index (χ0) is 29.1. The highest BCUT2D eigenvalue weighted by atomic mass is 16.8. The van der Waals surface area contributed by atoms with Gasteiger partial charge in [-0.2, -0.15) is 0 Å². The summed E-state index contributed by atoms with van der Waals surface area (Å²) in [6.45, 7) is 0.539. The first-order valence-electron chi connectivity index (χ1n) is 14.3. The van der Waals surface area contributed by atoms with Crippen LogP contribution in [0.5, 0.6) is 0 Å². The monoisotopic (exact) mass is 574 g/mol. The molecule has 2 bridgehead atoms. The van der Waals surface area contributed by atoms with Gasteiger partial charge in [0.05, 0.1) is 19.3 Å². The number of allylic oxidation sites excluding steroid dienone is 3. The van der Waals surface area contributed by atoms with Crippen molar-refractivity contribution in [2.45, 2.75) is 132 Å². The summed E-state index contributed by atoms with van der Waals surface area (Å²) in [6, 6.07) is 0. The van der Waals surface area contributed by atoms with E-state index in [1.165, 1.54) is 0 Å². The van der Waals surface area contributed by atoms with Gasteiger partial charge in [-0.3, -0.25) is 4.79 Å². The summed E-state index contributed by atoms with van der Waals surface area (Å²) in [5.41, 5.74) is 0. The Bertz CT molecular complexity index is 804. The molecule has 2 fully saturated rings. The van der Waals surface area contributed by atoms with Crippen molar-refractivity contribution >= 4 is 5.97 Å². The van der Waals surface area contributed by atoms with Gasteiger partial charge in [0.25, 0.3) is 0 Å². The topological polar surface area (TPSA) is 185 Å². The fraction of sp³-hybridized carbons (Fsp3) is 0.821. The number of ether oxygens (including phenoxy) is 5. The van der Waals surface area contributed by atoms with Crippen LogP contribution in [0.3, 0.4) is 0 Å². The lowest BCUT2D eigenvalue weighted by atomic mass is 9.97. The zero-order valence-electron chi connectivity index (χ0n) is 23.1. The molecule has 11 unspecified atom stereocenters. The van der Waals surface area contributed by atoms with Crippen molar-refractivity contribution in [3.8, 4) is 0 Å². The molecule has 4 aliphatic heterocycles. The Hall–Kier alpha value is -1.45. The summed E-state index contributed by atoms with van der Waals surface area (Å²) in [5.74, 6) is -0.583. The molecular weight excluding hydrogens is 528 g/mol. The van der Waals surface area contributed by atoms with Crippen LogP contribution in [0, 0.1) is 0 Å². The molecule has 40 heavy (non-hydrogen) atoms. The fourth-order valence-corrected chi connectivity index (χ4v) is 5.01. The van der Waals surface area contributed by atoms with Crippen LogP contribution in [0.4, 0.5) is 0 Å². The van der Waals surface area contributed by atoms with Gasteiger partial charge >= 0.3 is 5.97 Å². The molecule has 4 aliphatic rings. The highest BCUT2D eigenvalue weighted by molar-refractivity contribution is 5.69. The summed E-state index contributed by atoms with van der Waals surface area (Å²) in [4.78, 5) is 12.4. The summed E-state index contributed by atoms with van der Waals surface area (Å²) in [7, 11) is 0. The van der Waals surface area contributed by atoms with E-state index in [-0.39, 0.29) is 6.42 Å². The summed E-state index contributed by atoms with van der Waals surface area (Å²) in [5, 5.41) is 62.3. The van der Waals surface area contributed by atoms with Gasteiger partial charge in [-0.15, -0.1) is 0 Å². The average Bonchev–Trinajstić information content (AvgIpc) is 2.94. The van der Waals surface area contributed by atoms with Crippen LogP contribution in [0.25, 0.3) is 0 Å². The summed E-state index contributed by atoms with van der Waals surface area (Å²) in [6.07, 6.45) is 0.143. The average molecular weight is 575 g/mol. The van der Waals surface area contributed by atoms with Crippen LogP contribution in [-0.2, 0) is 28.5 Å². The Morgan fingerprint density at radius 3 is 2.10 bits per heavy atom. The van der Waals surface area contributed by atoms with Gasteiger partial charge in [-0.05, 0) is 39.0 Å². The number of fused-ring (bicyclic) bond motifs is 16. The SMILES string of the molecule is CC1CC=CCC=CCCCCCCCC(=O)OC2C(CO)OC(OC3C(O1)OC(CO)C(O)C3O)C(O)C2O. The minimum atomic E-state index is -1.74. The Balaban J connectivity index is 1.78. The maximum absolute atomic E-state index is 12.4.